The van der Waals surface area contributed by atoms with Crippen molar-refractivity contribution in [2.75, 3.05) is 26.1 Å². The number of nitrogens with two attached hydrogens (primary N) is 2. The summed E-state index contributed by atoms with van der Waals surface area (Å²) >= 11 is 0. The van der Waals surface area contributed by atoms with E-state index in [0.717, 1.165) is 24.0 Å². The molecule has 1 aliphatic rings. The molecule has 0 spiro atoms. The number of methoxy groups -OCH3 is 1. The van der Waals surface area contributed by atoms with Crippen molar-refractivity contribution in [2.45, 2.75) is 31.4 Å². The van der Waals surface area contributed by atoms with Crippen LogP contribution in [0.3, 0.4) is 0 Å². The number of hydrogen-bond donors (Lipinski definition) is 2. The van der Waals surface area contributed by atoms with E-state index < -0.39 is 5.60 Å². The third-order valence-corrected chi connectivity index (χ3v) is 3.73. The highest BCUT2D eigenvalue weighted by atomic mass is 16.5. The molecular weight excluding hydrogens is 230 g/mol. The van der Waals surface area contributed by atoms with Gasteiger partial charge in [-0.3, -0.25) is 0 Å². The van der Waals surface area contributed by atoms with Crippen LogP contribution in [0.1, 0.15) is 30.0 Å². The molecule has 2 heterocycles. The predicted octanol–water partition coefficient (Wildman–Crippen LogP) is 1.17. The highest BCUT2D eigenvalue weighted by Gasteiger charge is 2.40. The molecule has 0 amide bonds. The highest BCUT2D eigenvalue weighted by Crippen LogP contribution is 2.37. The van der Waals surface area contributed by atoms with E-state index in [1.807, 2.05) is 13.0 Å². The second-order valence-corrected chi connectivity index (χ2v) is 4.85. The number of aromatic nitrogens is 1. The van der Waals surface area contributed by atoms with Crippen molar-refractivity contribution >= 4 is 5.82 Å². The number of aryl methyl sites for hydroxylation is 1. The van der Waals surface area contributed by atoms with Gasteiger partial charge in [0.2, 0.25) is 0 Å². The number of pyridine rings is 1. The van der Waals surface area contributed by atoms with Gasteiger partial charge in [0.25, 0.3) is 0 Å². The van der Waals surface area contributed by atoms with E-state index >= 15 is 0 Å². The average molecular weight is 251 g/mol. The van der Waals surface area contributed by atoms with Gasteiger partial charge in [-0.25, -0.2) is 4.98 Å². The van der Waals surface area contributed by atoms with Gasteiger partial charge >= 0.3 is 0 Å². The first kappa shape index (κ1) is 13.3. The minimum absolute atomic E-state index is 0.279. The molecule has 100 valence electrons. The Morgan fingerprint density at radius 1 is 1.44 bits per heavy atom. The van der Waals surface area contributed by atoms with Crippen LogP contribution in [-0.2, 0) is 9.47 Å². The van der Waals surface area contributed by atoms with Crippen molar-refractivity contribution in [3.63, 3.8) is 0 Å². The fraction of sp³-hybridized carbons (Fsp3) is 0.615. The number of nitrogen functional groups attached to an aromatic ring is 1. The van der Waals surface area contributed by atoms with Crippen molar-refractivity contribution in [3.8, 4) is 0 Å². The summed E-state index contributed by atoms with van der Waals surface area (Å²) in [5.41, 5.74) is 13.8. The molecule has 5 nitrogen and oxygen atoms in total. The van der Waals surface area contributed by atoms with Crippen LogP contribution in [0.4, 0.5) is 5.82 Å². The first-order valence-corrected chi connectivity index (χ1v) is 6.19. The van der Waals surface area contributed by atoms with E-state index in [1.165, 1.54) is 0 Å². The summed E-state index contributed by atoms with van der Waals surface area (Å²) in [5.74, 6) is 0.482. The van der Waals surface area contributed by atoms with Crippen LogP contribution in [0.2, 0.25) is 0 Å². The number of ether oxygens (including phenoxy) is 2. The van der Waals surface area contributed by atoms with E-state index in [1.54, 1.807) is 13.3 Å². The van der Waals surface area contributed by atoms with Crippen LogP contribution in [-0.4, -0.2) is 30.9 Å². The average Bonchev–Trinajstić information content (AvgIpc) is 2.41. The van der Waals surface area contributed by atoms with Crippen LogP contribution in [0.25, 0.3) is 0 Å². The van der Waals surface area contributed by atoms with Gasteiger partial charge < -0.3 is 20.9 Å². The summed E-state index contributed by atoms with van der Waals surface area (Å²) in [6.07, 6.45) is 3.30. The van der Waals surface area contributed by atoms with Gasteiger partial charge in [-0.1, -0.05) is 0 Å². The normalized spacial score (nSPS) is 20.6. The zero-order chi connectivity index (χ0) is 13.2. The Kier molecular flexibility index (Phi) is 3.85. The Morgan fingerprint density at radius 3 is 2.72 bits per heavy atom. The van der Waals surface area contributed by atoms with Gasteiger partial charge in [0.05, 0.1) is 11.6 Å². The molecule has 0 radical (unpaired) electrons. The van der Waals surface area contributed by atoms with Gasteiger partial charge in [-0.05, 0) is 18.6 Å². The Morgan fingerprint density at radius 2 is 2.11 bits per heavy atom. The maximum atomic E-state index is 6.38. The molecule has 1 atom stereocenters. The zero-order valence-electron chi connectivity index (χ0n) is 11.0. The third-order valence-electron chi connectivity index (χ3n) is 3.73. The molecule has 1 unspecified atom stereocenters. The Labute approximate surface area is 107 Å². The molecule has 5 heteroatoms. The minimum atomic E-state index is -0.401. The molecule has 18 heavy (non-hydrogen) atoms. The molecule has 1 saturated heterocycles. The molecule has 1 aromatic rings. The van der Waals surface area contributed by atoms with Crippen molar-refractivity contribution in [1.82, 2.24) is 4.98 Å². The quantitative estimate of drug-likeness (QED) is 0.842. The van der Waals surface area contributed by atoms with Crippen LogP contribution < -0.4 is 11.5 Å². The Hall–Kier alpha value is -1.17. The van der Waals surface area contributed by atoms with Gasteiger partial charge in [-0.2, -0.15) is 0 Å². The fourth-order valence-corrected chi connectivity index (χ4v) is 2.49. The zero-order valence-corrected chi connectivity index (χ0v) is 11.0. The van der Waals surface area contributed by atoms with Crippen LogP contribution in [0.5, 0.6) is 0 Å². The first-order chi connectivity index (χ1) is 8.59. The first-order valence-electron chi connectivity index (χ1n) is 6.19. The van der Waals surface area contributed by atoms with Gasteiger partial charge in [-0.15, -0.1) is 0 Å². The van der Waals surface area contributed by atoms with Crippen LogP contribution in [0.15, 0.2) is 12.3 Å². The summed E-state index contributed by atoms with van der Waals surface area (Å²) in [6.45, 7) is 3.31. The Balaban J connectivity index is 2.33. The molecule has 0 bridgehead atoms. The number of anilines is 1. The fourth-order valence-electron chi connectivity index (χ4n) is 2.49. The molecule has 0 saturated carbocycles. The van der Waals surface area contributed by atoms with Crippen molar-refractivity contribution < 1.29 is 9.47 Å². The lowest BCUT2D eigenvalue weighted by Crippen LogP contribution is -2.47. The smallest absolute Gasteiger partial charge is 0.128 e. The van der Waals surface area contributed by atoms with Crippen molar-refractivity contribution in [1.29, 1.82) is 0 Å². The highest BCUT2D eigenvalue weighted by molar-refractivity contribution is 5.44. The standard InChI is InChI=1S/C13H21N3O2/c1-9-7-10(12(15)16-8-9)11(14)13(17-2)3-5-18-6-4-13/h7-8,11H,3-6,14H2,1-2H3,(H2,15,16). The van der Waals surface area contributed by atoms with Gasteiger partial charge in [0.15, 0.2) is 0 Å². The van der Waals surface area contributed by atoms with Gasteiger partial charge in [0.1, 0.15) is 5.82 Å². The minimum Gasteiger partial charge on any atom is -0.383 e. The van der Waals surface area contributed by atoms with Crippen LogP contribution in [0, 0.1) is 6.92 Å². The monoisotopic (exact) mass is 251 g/mol. The lowest BCUT2D eigenvalue weighted by Gasteiger charge is -2.40. The largest absolute Gasteiger partial charge is 0.383 e. The second-order valence-electron chi connectivity index (χ2n) is 4.85. The summed E-state index contributed by atoms with van der Waals surface area (Å²) in [5, 5.41) is 0. The van der Waals surface area contributed by atoms with E-state index in [9.17, 15) is 0 Å². The summed E-state index contributed by atoms with van der Waals surface area (Å²) in [4.78, 5) is 4.17. The predicted molar refractivity (Wildman–Crippen MR) is 70.1 cm³/mol. The maximum absolute atomic E-state index is 6.38. The van der Waals surface area contributed by atoms with E-state index in [-0.39, 0.29) is 6.04 Å². The molecule has 2 rings (SSSR count). The van der Waals surface area contributed by atoms with Gasteiger partial charge in [0, 0.05) is 44.9 Å². The summed E-state index contributed by atoms with van der Waals surface area (Å²) < 4.78 is 11.1. The topological polar surface area (TPSA) is 83.4 Å². The third kappa shape index (κ3) is 2.34. The van der Waals surface area contributed by atoms with Crippen molar-refractivity contribution in [3.05, 3.63) is 23.4 Å². The summed E-state index contributed by atoms with van der Waals surface area (Å²) in [7, 11) is 1.70. The molecule has 1 fully saturated rings. The molecule has 0 aromatic carbocycles. The number of rotatable bonds is 3. The number of hydrogen-bond acceptors (Lipinski definition) is 5. The van der Waals surface area contributed by atoms with Crippen LogP contribution >= 0.6 is 0 Å². The van der Waals surface area contributed by atoms with E-state index in [0.29, 0.717) is 19.0 Å². The molecule has 1 aliphatic heterocycles. The van der Waals surface area contributed by atoms with E-state index in [2.05, 4.69) is 4.98 Å². The summed E-state index contributed by atoms with van der Waals surface area (Å²) in [6, 6.07) is 1.71. The Bertz CT molecular complexity index is 417. The van der Waals surface area contributed by atoms with Crippen molar-refractivity contribution in [2.24, 2.45) is 5.73 Å². The maximum Gasteiger partial charge on any atom is 0.128 e. The lowest BCUT2D eigenvalue weighted by atomic mass is 9.82. The second kappa shape index (κ2) is 5.22. The molecular formula is C13H21N3O2. The molecule has 0 aliphatic carbocycles. The SMILES string of the molecule is COC1(C(N)c2cc(C)cnc2N)CCOCC1. The molecule has 1 aromatic heterocycles. The molecule has 4 N–H and O–H groups in total. The van der Waals surface area contributed by atoms with E-state index in [4.69, 9.17) is 20.9 Å². The lowest BCUT2D eigenvalue weighted by molar-refractivity contribution is -0.104. The number of nitrogens with zero attached hydrogens (tertiary/aromatic N) is 1.